The Balaban J connectivity index is 0.000000706. The lowest BCUT2D eigenvalue weighted by molar-refractivity contribution is -0.136. The number of nitrogens with zero attached hydrogens (tertiary/aromatic N) is 1. The molecule has 5 N–H and O–H groups in total. The summed E-state index contributed by atoms with van der Waals surface area (Å²) in [5.41, 5.74) is 0.455. The van der Waals surface area contributed by atoms with Crippen molar-refractivity contribution in [2.75, 3.05) is 13.2 Å². The largest absolute Gasteiger partial charge is 0.477 e. The van der Waals surface area contributed by atoms with E-state index < -0.39 is 18.0 Å². The van der Waals surface area contributed by atoms with E-state index in [1.807, 2.05) is 4.90 Å². The number of rotatable bonds is 4. The van der Waals surface area contributed by atoms with Gasteiger partial charge in [0.25, 0.3) is 5.91 Å². The van der Waals surface area contributed by atoms with E-state index in [4.69, 9.17) is 5.11 Å². The number of carboxylic acids is 1. The molecule has 0 aromatic heterocycles. The fourth-order valence-corrected chi connectivity index (χ4v) is 5.98. The molecule has 3 fully saturated rings. The summed E-state index contributed by atoms with van der Waals surface area (Å²) in [5.74, 6) is -0.931. The molecule has 0 radical (unpaired) electrons. The molecular formula is C18H28N4O5S. The zero-order chi connectivity index (χ0) is 20.6. The van der Waals surface area contributed by atoms with E-state index in [9.17, 15) is 19.5 Å². The lowest BCUT2D eigenvalue weighted by Gasteiger charge is -2.46. The molecule has 156 valence electrons. The van der Waals surface area contributed by atoms with Crippen molar-refractivity contribution in [1.82, 2.24) is 20.9 Å². The van der Waals surface area contributed by atoms with Crippen molar-refractivity contribution in [3.8, 4) is 0 Å². The van der Waals surface area contributed by atoms with E-state index >= 15 is 0 Å². The van der Waals surface area contributed by atoms with Gasteiger partial charge in [0.05, 0.1) is 0 Å². The van der Waals surface area contributed by atoms with Gasteiger partial charge >= 0.3 is 12.0 Å². The average Bonchev–Trinajstić information content (AvgIpc) is 3.26. The van der Waals surface area contributed by atoms with Crippen LogP contribution in [-0.4, -0.2) is 75.6 Å². The Morgan fingerprint density at radius 1 is 1.29 bits per heavy atom. The Hall–Kier alpha value is -1.78. The third-order valence-corrected chi connectivity index (χ3v) is 7.24. The molecule has 6 atom stereocenters. The third kappa shape index (κ3) is 3.72. The standard InChI is InChI=1S/C16H22N4O4S.C2H6O/c1-6-3-10-7(2)13(12(15(22)23)20(6)10)25-8-4-9(17-5-8)11-14(21)19-16(24)18-11;1-2-3/h6-11,17H,3-5H2,1-2H3,(H,22,23)(H2,18,19,21,24);3H,2H2,1H3. The Kier molecular flexibility index (Phi) is 6.21. The van der Waals surface area contributed by atoms with E-state index in [1.165, 1.54) is 0 Å². The third-order valence-electron chi connectivity index (χ3n) is 5.73. The van der Waals surface area contributed by atoms with Gasteiger partial charge in [0.1, 0.15) is 11.7 Å². The van der Waals surface area contributed by atoms with Crippen LogP contribution in [0.5, 0.6) is 0 Å². The molecule has 6 unspecified atom stereocenters. The Bertz CT molecular complexity index is 699. The molecule has 3 saturated heterocycles. The van der Waals surface area contributed by atoms with E-state index in [-0.39, 0.29) is 35.8 Å². The van der Waals surface area contributed by atoms with Crippen LogP contribution < -0.4 is 16.0 Å². The number of aliphatic hydroxyl groups is 1. The fraction of sp³-hybridized carbons (Fsp3) is 0.722. The first-order valence-electron chi connectivity index (χ1n) is 9.66. The van der Waals surface area contributed by atoms with Gasteiger partial charge in [-0.15, -0.1) is 11.8 Å². The second kappa shape index (κ2) is 8.30. The topological polar surface area (TPSA) is 131 Å². The highest BCUT2D eigenvalue weighted by atomic mass is 32.2. The van der Waals surface area contributed by atoms with Crippen LogP contribution >= 0.6 is 11.8 Å². The first-order valence-corrected chi connectivity index (χ1v) is 10.5. The number of imide groups is 1. The number of fused-ring (bicyclic) bond motifs is 1. The molecule has 3 amide bonds. The second-order valence-electron chi connectivity index (χ2n) is 7.61. The Morgan fingerprint density at radius 3 is 2.50 bits per heavy atom. The molecule has 0 aliphatic carbocycles. The summed E-state index contributed by atoms with van der Waals surface area (Å²) in [6, 6.07) is -0.541. The normalized spacial score (nSPS) is 36.4. The van der Waals surface area contributed by atoms with Crippen molar-refractivity contribution < 1.29 is 24.6 Å². The molecule has 4 heterocycles. The van der Waals surface area contributed by atoms with Crippen LogP contribution in [0, 0.1) is 5.92 Å². The van der Waals surface area contributed by atoms with Crippen molar-refractivity contribution in [3.05, 3.63) is 10.6 Å². The lowest BCUT2D eigenvalue weighted by Crippen LogP contribution is -2.53. The van der Waals surface area contributed by atoms with Crippen LogP contribution in [0.1, 0.15) is 33.6 Å². The van der Waals surface area contributed by atoms with Crippen LogP contribution in [0.3, 0.4) is 0 Å². The van der Waals surface area contributed by atoms with Crippen LogP contribution in [0.4, 0.5) is 4.79 Å². The van der Waals surface area contributed by atoms with Crippen molar-refractivity contribution in [1.29, 1.82) is 0 Å². The van der Waals surface area contributed by atoms with E-state index in [2.05, 4.69) is 29.8 Å². The predicted octanol–water partition coefficient (Wildman–Crippen LogP) is 0.0654. The zero-order valence-electron chi connectivity index (χ0n) is 16.3. The van der Waals surface area contributed by atoms with Gasteiger partial charge in [-0.1, -0.05) is 6.92 Å². The van der Waals surface area contributed by atoms with E-state index in [0.717, 1.165) is 11.3 Å². The number of urea groups is 1. The summed E-state index contributed by atoms with van der Waals surface area (Å²) in [5, 5.41) is 25.6. The Labute approximate surface area is 168 Å². The zero-order valence-corrected chi connectivity index (χ0v) is 17.1. The van der Waals surface area contributed by atoms with Crippen LogP contribution in [0.2, 0.25) is 0 Å². The van der Waals surface area contributed by atoms with Crippen LogP contribution in [-0.2, 0) is 9.59 Å². The summed E-state index contributed by atoms with van der Waals surface area (Å²) < 4.78 is 0. The highest BCUT2D eigenvalue weighted by Gasteiger charge is 2.51. The minimum Gasteiger partial charge on any atom is -0.477 e. The van der Waals surface area contributed by atoms with E-state index in [0.29, 0.717) is 24.7 Å². The molecule has 9 nitrogen and oxygen atoms in total. The summed E-state index contributed by atoms with van der Waals surface area (Å²) in [6.45, 7) is 6.79. The predicted molar refractivity (Wildman–Crippen MR) is 105 cm³/mol. The lowest BCUT2D eigenvalue weighted by atomic mass is 9.89. The summed E-state index contributed by atoms with van der Waals surface area (Å²) >= 11 is 1.62. The first kappa shape index (κ1) is 20.9. The number of carbonyl (C=O) groups is 3. The highest BCUT2D eigenvalue weighted by molar-refractivity contribution is 8.03. The molecule has 4 aliphatic rings. The van der Waals surface area contributed by atoms with Crippen molar-refractivity contribution >= 4 is 29.7 Å². The molecule has 0 aromatic carbocycles. The maximum absolute atomic E-state index is 11.8. The Morgan fingerprint density at radius 2 is 1.96 bits per heavy atom. The fourth-order valence-electron chi connectivity index (χ4n) is 4.47. The van der Waals surface area contributed by atoms with E-state index in [1.54, 1.807) is 18.7 Å². The van der Waals surface area contributed by atoms with Crippen molar-refractivity contribution in [2.45, 2.75) is 63.0 Å². The highest BCUT2D eigenvalue weighted by Crippen LogP contribution is 2.50. The molecule has 0 bridgehead atoms. The van der Waals surface area contributed by atoms with Gasteiger partial charge in [0.15, 0.2) is 0 Å². The van der Waals surface area contributed by atoms with Crippen LogP contribution in [0.15, 0.2) is 10.6 Å². The van der Waals surface area contributed by atoms with Gasteiger partial charge in [0, 0.05) is 47.4 Å². The number of carboxylic acid groups (broad SMARTS) is 1. The molecular weight excluding hydrogens is 384 g/mol. The number of thioether (sulfide) groups is 1. The molecule has 28 heavy (non-hydrogen) atoms. The molecule has 0 aromatic rings. The second-order valence-corrected chi connectivity index (χ2v) is 8.96. The monoisotopic (exact) mass is 412 g/mol. The van der Waals surface area contributed by atoms with Gasteiger partial charge in [0.2, 0.25) is 0 Å². The average molecular weight is 413 g/mol. The van der Waals surface area contributed by atoms with Gasteiger partial charge < -0.3 is 25.7 Å². The maximum Gasteiger partial charge on any atom is 0.353 e. The number of hydrogen-bond acceptors (Lipinski definition) is 7. The SMILES string of the molecule is CC1C(SC2CNC(C3NC(=O)NC3=O)C2)=C(C(=O)O)N2C(C)CC12.CCO. The van der Waals surface area contributed by atoms with Gasteiger partial charge in [-0.25, -0.2) is 9.59 Å². The maximum atomic E-state index is 11.8. The number of aliphatic hydroxyl groups excluding tert-OH is 1. The number of aliphatic carboxylic acids is 1. The first-order chi connectivity index (χ1) is 13.3. The number of nitrogens with one attached hydrogen (secondary N) is 3. The summed E-state index contributed by atoms with van der Waals surface area (Å²) in [4.78, 5) is 37.9. The summed E-state index contributed by atoms with van der Waals surface area (Å²) in [7, 11) is 0. The molecule has 4 rings (SSSR count). The quantitative estimate of drug-likeness (QED) is 0.410. The van der Waals surface area contributed by atoms with Gasteiger partial charge in [-0.05, 0) is 26.7 Å². The molecule has 0 spiro atoms. The summed E-state index contributed by atoms with van der Waals surface area (Å²) in [6.07, 6.45) is 1.74. The molecule has 0 saturated carbocycles. The molecule has 4 aliphatic heterocycles. The number of amides is 3. The minimum absolute atomic E-state index is 0.120. The van der Waals surface area contributed by atoms with Crippen molar-refractivity contribution in [3.63, 3.8) is 0 Å². The molecule has 10 heteroatoms. The van der Waals surface area contributed by atoms with Crippen LogP contribution in [0.25, 0.3) is 0 Å². The van der Waals surface area contributed by atoms with Gasteiger partial charge in [-0.2, -0.15) is 0 Å². The van der Waals surface area contributed by atoms with Gasteiger partial charge in [-0.3, -0.25) is 10.1 Å². The number of carbonyl (C=O) groups excluding carboxylic acids is 2. The smallest absolute Gasteiger partial charge is 0.353 e. The van der Waals surface area contributed by atoms with Crippen molar-refractivity contribution in [2.24, 2.45) is 5.92 Å². The minimum atomic E-state index is -0.853. The number of hydrogen-bond donors (Lipinski definition) is 5.